The van der Waals surface area contributed by atoms with Crippen LogP contribution in [0.25, 0.3) is 16.2 Å². The van der Waals surface area contributed by atoms with Crippen molar-refractivity contribution in [2.75, 3.05) is 6.61 Å². The minimum absolute atomic E-state index is 0.00243. The number of aromatic nitrogens is 2. The van der Waals surface area contributed by atoms with Gasteiger partial charge in [0.1, 0.15) is 5.75 Å². The van der Waals surface area contributed by atoms with Crippen LogP contribution in [-0.2, 0) is 11.2 Å². The first-order valence-electron chi connectivity index (χ1n) is 9.67. The summed E-state index contributed by atoms with van der Waals surface area (Å²) in [6, 6.07) is 17.9. The number of carbonyl (C=O) groups is 1. The molecule has 2 aromatic heterocycles. The van der Waals surface area contributed by atoms with Crippen LogP contribution in [0.4, 0.5) is 0 Å². The number of hydrogen-bond acceptors (Lipinski definition) is 4. The van der Waals surface area contributed by atoms with Crippen molar-refractivity contribution in [3.05, 3.63) is 77.4 Å². The van der Waals surface area contributed by atoms with Crippen LogP contribution in [0.1, 0.15) is 31.1 Å². The van der Waals surface area contributed by atoms with Crippen LogP contribution in [0.5, 0.6) is 5.75 Å². The molecule has 148 valence electrons. The number of carbonyl (C=O) groups excluding carboxylic acids is 1. The molecule has 2 aromatic carbocycles. The molecule has 0 unspecified atom stereocenters. The summed E-state index contributed by atoms with van der Waals surface area (Å²) in [5.41, 5.74) is 3.95. The lowest BCUT2D eigenvalue weighted by Crippen LogP contribution is -2.28. The second-order valence-corrected chi connectivity index (χ2v) is 7.68. The van der Waals surface area contributed by atoms with Gasteiger partial charge in [0.15, 0.2) is 4.96 Å². The van der Waals surface area contributed by atoms with Gasteiger partial charge in [-0.1, -0.05) is 30.3 Å². The zero-order chi connectivity index (χ0) is 20.2. The molecule has 0 aliphatic carbocycles. The van der Waals surface area contributed by atoms with Gasteiger partial charge in [-0.15, -0.1) is 11.3 Å². The molecule has 0 radical (unpaired) electrons. The minimum Gasteiger partial charge on any atom is -0.494 e. The number of rotatable bonds is 7. The van der Waals surface area contributed by atoms with Gasteiger partial charge in [-0.3, -0.25) is 9.20 Å². The van der Waals surface area contributed by atoms with Gasteiger partial charge in [-0.05, 0) is 43.7 Å². The van der Waals surface area contributed by atoms with Crippen molar-refractivity contribution in [1.82, 2.24) is 14.7 Å². The van der Waals surface area contributed by atoms with E-state index in [4.69, 9.17) is 9.72 Å². The van der Waals surface area contributed by atoms with E-state index >= 15 is 0 Å². The molecule has 0 aliphatic rings. The Labute approximate surface area is 174 Å². The minimum atomic E-state index is -0.0278. The Hall–Kier alpha value is -3.12. The van der Waals surface area contributed by atoms with Gasteiger partial charge < -0.3 is 10.1 Å². The molecular formula is C23H23N3O2S. The van der Waals surface area contributed by atoms with Crippen LogP contribution in [-0.4, -0.2) is 21.9 Å². The SMILES string of the molecule is CCOc1ccc(-c2cn3c(CC(=O)N[C@H](C)c4ccccc4)csc3n2)cc1. The number of nitrogens with zero attached hydrogens (tertiary/aromatic N) is 2. The standard InChI is InChI=1S/C23H23N3O2S/c1-3-28-20-11-9-18(10-12-20)21-14-26-19(15-29-23(26)25-21)13-22(27)24-16(2)17-7-5-4-6-8-17/h4-12,14-16H,3,13H2,1-2H3,(H,24,27)/t16-/m1/s1. The predicted octanol–water partition coefficient (Wildman–Crippen LogP) is 4.88. The fraction of sp³-hybridized carbons (Fsp3) is 0.217. The molecule has 0 bridgehead atoms. The number of fused-ring (bicyclic) bond motifs is 1. The number of nitrogens with one attached hydrogen (secondary N) is 1. The topological polar surface area (TPSA) is 55.6 Å². The first kappa shape index (κ1) is 19.2. The van der Waals surface area contributed by atoms with E-state index in [1.54, 1.807) is 11.3 Å². The number of benzene rings is 2. The molecule has 0 saturated carbocycles. The van der Waals surface area contributed by atoms with Gasteiger partial charge in [-0.25, -0.2) is 4.98 Å². The fourth-order valence-electron chi connectivity index (χ4n) is 3.27. The van der Waals surface area contributed by atoms with Crippen molar-refractivity contribution in [2.45, 2.75) is 26.3 Å². The van der Waals surface area contributed by atoms with Crippen molar-refractivity contribution < 1.29 is 9.53 Å². The Morgan fingerprint density at radius 1 is 1.17 bits per heavy atom. The van der Waals surface area contributed by atoms with Gasteiger partial charge in [-0.2, -0.15) is 0 Å². The van der Waals surface area contributed by atoms with Gasteiger partial charge >= 0.3 is 0 Å². The second kappa shape index (κ2) is 8.49. The normalized spacial score (nSPS) is 12.1. The highest BCUT2D eigenvalue weighted by atomic mass is 32.1. The van der Waals surface area contributed by atoms with E-state index < -0.39 is 0 Å². The van der Waals surface area contributed by atoms with Crippen molar-refractivity contribution in [2.24, 2.45) is 0 Å². The maximum Gasteiger partial charge on any atom is 0.226 e. The summed E-state index contributed by atoms with van der Waals surface area (Å²) in [7, 11) is 0. The third-order valence-electron chi connectivity index (χ3n) is 4.76. The summed E-state index contributed by atoms with van der Waals surface area (Å²) < 4.78 is 7.50. The first-order chi connectivity index (χ1) is 14.1. The second-order valence-electron chi connectivity index (χ2n) is 6.84. The van der Waals surface area contributed by atoms with E-state index in [9.17, 15) is 4.79 Å². The molecule has 4 aromatic rings. The molecule has 1 amide bonds. The van der Waals surface area contributed by atoms with Crippen LogP contribution in [0.15, 0.2) is 66.2 Å². The average Bonchev–Trinajstić information content (AvgIpc) is 3.31. The highest BCUT2D eigenvalue weighted by molar-refractivity contribution is 7.15. The third kappa shape index (κ3) is 4.32. The quantitative estimate of drug-likeness (QED) is 0.477. The van der Waals surface area contributed by atoms with Crippen molar-refractivity contribution >= 4 is 22.2 Å². The molecule has 4 rings (SSSR count). The molecule has 6 heteroatoms. The summed E-state index contributed by atoms with van der Waals surface area (Å²) in [5, 5.41) is 5.07. The van der Waals surface area contributed by atoms with Crippen molar-refractivity contribution in [3.8, 4) is 17.0 Å². The summed E-state index contributed by atoms with van der Waals surface area (Å²) in [4.78, 5) is 18.1. The number of amides is 1. The van der Waals surface area contributed by atoms with Crippen LogP contribution >= 0.6 is 11.3 Å². The lowest BCUT2D eigenvalue weighted by atomic mass is 10.1. The van der Waals surface area contributed by atoms with E-state index in [0.717, 1.165) is 33.2 Å². The highest BCUT2D eigenvalue weighted by Gasteiger charge is 2.14. The molecule has 5 nitrogen and oxygen atoms in total. The van der Waals surface area contributed by atoms with Crippen LogP contribution < -0.4 is 10.1 Å². The van der Waals surface area contributed by atoms with Crippen LogP contribution in [0, 0.1) is 0 Å². The van der Waals surface area contributed by atoms with Crippen molar-refractivity contribution in [1.29, 1.82) is 0 Å². The fourth-order valence-corrected chi connectivity index (χ4v) is 4.14. The Morgan fingerprint density at radius 2 is 1.93 bits per heavy atom. The molecular weight excluding hydrogens is 382 g/mol. The smallest absolute Gasteiger partial charge is 0.226 e. The van der Waals surface area contributed by atoms with Gasteiger partial charge in [0.25, 0.3) is 0 Å². The molecule has 0 aliphatic heterocycles. The predicted molar refractivity (Wildman–Crippen MR) is 116 cm³/mol. The van der Waals surface area contributed by atoms with Gasteiger partial charge in [0.2, 0.25) is 5.91 Å². The van der Waals surface area contributed by atoms with E-state index in [1.807, 2.05) is 84.4 Å². The molecule has 1 N–H and O–H groups in total. The Bertz CT molecular complexity index is 1100. The lowest BCUT2D eigenvalue weighted by Gasteiger charge is -2.14. The monoisotopic (exact) mass is 405 g/mol. The van der Waals surface area contributed by atoms with Gasteiger partial charge in [0, 0.05) is 22.8 Å². The van der Waals surface area contributed by atoms with E-state index in [2.05, 4.69) is 5.32 Å². The van der Waals surface area contributed by atoms with Crippen molar-refractivity contribution in [3.63, 3.8) is 0 Å². The largest absolute Gasteiger partial charge is 0.494 e. The summed E-state index contributed by atoms with van der Waals surface area (Å²) in [6.07, 6.45) is 2.31. The molecule has 0 saturated heterocycles. The molecule has 0 spiro atoms. The Kier molecular flexibility index (Phi) is 5.62. The summed E-state index contributed by atoms with van der Waals surface area (Å²) in [6.45, 7) is 4.61. The Balaban J connectivity index is 1.48. The summed E-state index contributed by atoms with van der Waals surface area (Å²) >= 11 is 1.55. The van der Waals surface area contributed by atoms with Crippen LogP contribution in [0.2, 0.25) is 0 Å². The number of thiazole rings is 1. The van der Waals surface area contributed by atoms with E-state index in [1.165, 1.54) is 0 Å². The zero-order valence-electron chi connectivity index (χ0n) is 16.5. The van der Waals surface area contributed by atoms with Gasteiger partial charge in [0.05, 0.1) is 24.8 Å². The molecule has 2 heterocycles. The number of ether oxygens (including phenoxy) is 1. The first-order valence-corrected chi connectivity index (χ1v) is 10.5. The maximum absolute atomic E-state index is 12.6. The maximum atomic E-state index is 12.6. The molecule has 29 heavy (non-hydrogen) atoms. The lowest BCUT2D eigenvalue weighted by molar-refractivity contribution is -0.121. The third-order valence-corrected chi connectivity index (χ3v) is 5.65. The average molecular weight is 406 g/mol. The number of imidazole rings is 1. The highest BCUT2D eigenvalue weighted by Crippen LogP contribution is 2.25. The summed E-state index contributed by atoms with van der Waals surface area (Å²) in [5.74, 6) is 0.847. The Morgan fingerprint density at radius 3 is 2.66 bits per heavy atom. The van der Waals surface area contributed by atoms with E-state index in [0.29, 0.717) is 13.0 Å². The zero-order valence-corrected chi connectivity index (χ0v) is 17.3. The number of hydrogen-bond donors (Lipinski definition) is 1. The van der Waals surface area contributed by atoms with E-state index in [-0.39, 0.29) is 11.9 Å². The molecule has 1 atom stereocenters. The molecule has 0 fully saturated rings. The van der Waals surface area contributed by atoms with Crippen LogP contribution in [0.3, 0.4) is 0 Å².